The predicted octanol–water partition coefficient (Wildman–Crippen LogP) is 7.39. The van der Waals surface area contributed by atoms with Gasteiger partial charge < -0.3 is 21.4 Å². The predicted molar refractivity (Wildman–Crippen MR) is 179 cm³/mol. The molecule has 5 N–H and O–H groups in total. The number of nitrogens with one attached hydrogen (secondary N) is 3. The van der Waals surface area contributed by atoms with Crippen LogP contribution in [0.25, 0.3) is 22.2 Å². The van der Waals surface area contributed by atoms with E-state index in [1.807, 2.05) is 13.8 Å². The molecule has 252 valence electrons. The summed E-state index contributed by atoms with van der Waals surface area (Å²) in [6.07, 6.45) is -0.784. The molecule has 2 aliphatic rings. The highest BCUT2D eigenvalue weighted by Crippen LogP contribution is 2.40. The van der Waals surface area contributed by atoms with Crippen LogP contribution in [0.3, 0.4) is 0 Å². The SMILES string of the molecule is CC(C)c1nc2cc(-c3ccc(C[C@H](CC(=O)C4CCC(CN)CC4)C(=O)Nc4ccc5c(c4)NC(=O)C5)cc3)c(C(F)(F)F)cc2[nH]1. The number of hydrogen-bond acceptors (Lipinski definition) is 5. The van der Waals surface area contributed by atoms with Crippen LogP contribution >= 0.6 is 0 Å². The zero-order chi connectivity index (χ0) is 34.2. The summed E-state index contributed by atoms with van der Waals surface area (Å²) in [7, 11) is 0. The minimum Gasteiger partial charge on any atom is -0.342 e. The Labute approximate surface area is 277 Å². The second kappa shape index (κ2) is 13.5. The van der Waals surface area contributed by atoms with Crippen LogP contribution in [-0.4, -0.2) is 34.1 Å². The first-order chi connectivity index (χ1) is 22.9. The van der Waals surface area contributed by atoms with Crippen LogP contribution in [0.2, 0.25) is 0 Å². The van der Waals surface area contributed by atoms with Crippen molar-refractivity contribution in [1.29, 1.82) is 0 Å². The van der Waals surface area contributed by atoms with E-state index in [2.05, 4.69) is 20.6 Å². The van der Waals surface area contributed by atoms with Crippen molar-refractivity contribution in [3.05, 3.63) is 77.1 Å². The number of halogens is 3. The van der Waals surface area contributed by atoms with Gasteiger partial charge in [0.05, 0.1) is 23.0 Å². The zero-order valence-electron chi connectivity index (χ0n) is 27.0. The molecule has 6 rings (SSSR count). The molecule has 48 heavy (non-hydrogen) atoms. The smallest absolute Gasteiger partial charge is 0.342 e. The van der Waals surface area contributed by atoms with Gasteiger partial charge in [-0.1, -0.05) is 44.2 Å². The van der Waals surface area contributed by atoms with Crippen LogP contribution in [-0.2, 0) is 33.4 Å². The maximum atomic E-state index is 14.2. The molecular weight excluding hydrogens is 619 g/mol. The number of fused-ring (bicyclic) bond motifs is 2. The van der Waals surface area contributed by atoms with Crippen molar-refractivity contribution >= 4 is 40.0 Å². The lowest BCUT2D eigenvalue weighted by Crippen LogP contribution is -2.31. The molecule has 0 bridgehead atoms. The first-order valence-corrected chi connectivity index (χ1v) is 16.5. The summed E-state index contributed by atoms with van der Waals surface area (Å²) in [5, 5.41) is 5.71. The third kappa shape index (κ3) is 7.31. The van der Waals surface area contributed by atoms with Gasteiger partial charge in [0.25, 0.3) is 0 Å². The van der Waals surface area contributed by atoms with Gasteiger partial charge in [-0.15, -0.1) is 0 Å². The third-order valence-electron chi connectivity index (χ3n) is 9.70. The summed E-state index contributed by atoms with van der Waals surface area (Å²) in [6.45, 7) is 4.43. The number of nitrogens with zero attached hydrogens (tertiary/aromatic N) is 1. The zero-order valence-corrected chi connectivity index (χ0v) is 27.0. The lowest BCUT2D eigenvalue weighted by molar-refractivity contribution is -0.137. The van der Waals surface area contributed by atoms with Crippen molar-refractivity contribution in [2.24, 2.45) is 23.5 Å². The first-order valence-electron chi connectivity index (χ1n) is 16.5. The van der Waals surface area contributed by atoms with Crippen LogP contribution in [0.4, 0.5) is 24.5 Å². The topological polar surface area (TPSA) is 130 Å². The summed E-state index contributed by atoms with van der Waals surface area (Å²) in [6, 6.07) is 14.5. The number of imidazole rings is 1. The number of ketones is 1. The number of rotatable bonds is 10. The minimum absolute atomic E-state index is 0.0182. The van der Waals surface area contributed by atoms with E-state index in [0.29, 0.717) is 46.3 Å². The largest absolute Gasteiger partial charge is 0.417 e. The molecule has 1 aliphatic carbocycles. The standard InChI is InChI=1S/C37H40F3N5O3/c1-20(2)35-44-31-17-28(29(37(38,39)40)18-32(31)45-35)23-7-3-21(4-8-23)13-26(14-33(46)24-9-5-22(19-41)6-10-24)36(48)42-27-12-11-25-15-34(47)43-30(25)16-27/h3-4,7-8,11-12,16-18,20,22,24,26H,5-6,9-10,13-15,19,41H2,1-2H3,(H,42,48)(H,43,47)(H,44,45)/t22?,24?,26-/m1/s1. The molecule has 1 saturated carbocycles. The fraction of sp³-hybridized carbons (Fsp3) is 0.405. The molecule has 1 fully saturated rings. The normalized spacial score (nSPS) is 18.5. The highest BCUT2D eigenvalue weighted by molar-refractivity contribution is 6.01. The minimum atomic E-state index is -4.58. The number of H-pyrrole nitrogens is 1. The van der Waals surface area contributed by atoms with Crippen LogP contribution in [0.1, 0.15) is 74.4 Å². The molecule has 1 atom stereocenters. The molecule has 4 aromatic rings. The van der Waals surface area contributed by atoms with E-state index in [9.17, 15) is 27.6 Å². The number of amides is 2. The maximum Gasteiger partial charge on any atom is 0.417 e. The molecule has 0 radical (unpaired) electrons. The number of anilines is 2. The van der Waals surface area contributed by atoms with Gasteiger partial charge >= 0.3 is 6.18 Å². The summed E-state index contributed by atoms with van der Waals surface area (Å²) >= 11 is 0. The van der Waals surface area contributed by atoms with E-state index in [0.717, 1.165) is 42.9 Å². The lowest BCUT2D eigenvalue weighted by atomic mass is 9.77. The highest BCUT2D eigenvalue weighted by Gasteiger charge is 2.35. The Morgan fingerprint density at radius 1 is 1.02 bits per heavy atom. The Morgan fingerprint density at radius 3 is 2.42 bits per heavy atom. The number of carbonyl (C=O) groups excluding carboxylic acids is 3. The van der Waals surface area contributed by atoms with E-state index in [-0.39, 0.29) is 54.3 Å². The Kier molecular flexibility index (Phi) is 9.42. The Bertz CT molecular complexity index is 1840. The van der Waals surface area contributed by atoms with Crippen LogP contribution in [0, 0.1) is 17.8 Å². The number of Topliss-reactive ketones (excluding diaryl/α,β-unsaturated/α-hetero) is 1. The monoisotopic (exact) mass is 659 g/mol. The fourth-order valence-corrected chi connectivity index (χ4v) is 6.85. The van der Waals surface area contributed by atoms with E-state index in [1.165, 1.54) is 6.07 Å². The molecular formula is C37H40F3N5O3. The summed E-state index contributed by atoms with van der Waals surface area (Å²) in [5.74, 6) is -0.207. The van der Waals surface area contributed by atoms with Crippen molar-refractivity contribution in [2.45, 2.75) is 70.9 Å². The molecule has 8 nitrogen and oxygen atoms in total. The average molecular weight is 660 g/mol. The van der Waals surface area contributed by atoms with Crippen molar-refractivity contribution in [3.8, 4) is 11.1 Å². The molecule has 11 heteroatoms. The van der Waals surface area contributed by atoms with Gasteiger partial charge in [0.1, 0.15) is 11.6 Å². The highest BCUT2D eigenvalue weighted by atomic mass is 19.4. The van der Waals surface area contributed by atoms with Crippen LogP contribution in [0.5, 0.6) is 0 Å². The molecule has 0 spiro atoms. The number of alkyl halides is 3. The van der Waals surface area contributed by atoms with Crippen molar-refractivity contribution in [1.82, 2.24) is 9.97 Å². The number of aromatic nitrogens is 2. The Balaban J connectivity index is 1.25. The van der Waals surface area contributed by atoms with Crippen LogP contribution in [0.15, 0.2) is 54.6 Å². The molecule has 0 unspecified atom stereocenters. The van der Waals surface area contributed by atoms with Gasteiger partial charge in [-0.05, 0) is 91.1 Å². The quantitative estimate of drug-likeness (QED) is 0.141. The Hall–Kier alpha value is -4.51. The summed E-state index contributed by atoms with van der Waals surface area (Å²) in [4.78, 5) is 46.5. The molecule has 2 amide bonds. The summed E-state index contributed by atoms with van der Waals surface area (Å²) in [5.41, 5.74) is 8.95. The molecule has 0 saturated heterocycles. The van der Waals surface area contributed by atoms with Gasteiger partial charge in [-0.3, -0.25) is 14.4 Å². The maximum absolute atomic E-state index is 14.2. The van der Waals surface area contributed by atoms with Crippen LogP contribution < -0.4 is 16.4 Å². The number of hydrogen-bond donors (Lipinski definition) is 4. The second-order valence-corrected chi connectivity index (χ2v) is 13.5. The number of benzene rings is 3. The van der Waals surface area contributed by atoms with E-state index in [1.54, 1.807) is 42.5 Å². The van der Waals surface area contributed by atoms with Gasteiger partial charge in [0, 0.05) is 35.5 Å². The first kappa shape index (κ1) is 33.4. The second-order valence-electron chi connectivity index (χ2n) is 13.5. The van der Waals surface area contributed by atoms with Gasteiger partial charge in [-0.25, -0.2) is 4.98 Å². The van der Waals surface area contributed by atoms with Gasteiger partial charge in [0.15, 0.2) is 0 Å². The van der Waals surface area contributed by atoms with Gasteiger partial charge in [-0.2, -0.15) is 13.2 Å². The molecule has 1 aromatic heterocycles. The Morgan fingerprint density at radius 2 is 1.75 bits per heavy atom. The molecule has 3 aromatic carbocycles. The molecule has 1 aliphatic heterocycles. The van der Waals surface area contributed by atoms with Gasteiger partial charge in [0.2, 0.25) is 11.8 Å². The van der Waals surface area contributed by atoms with Crippen molar-refractivity contribution < 1.29 is 27.6 Å². The summed E-state index contributed by atoms with van der Waals surface area (Å²) < 4.78 is 42.7. The lowest BCUT2D eigenvalue weighted by Gasteiger charge is -2.27. The number of aromatic amines is 1. The van der Waals surface area contributed by atoms with E-state index in [4.69, 9.17) is 5.73 Å². The number of nitrogens with two attached hydrogens (primary N) is 1. The van der Waals surface area contributed by atoms with Crippen molar-refractivity contribution in [3.63, 3.8) is 0 Å². The number of carbonyl (C=O) groups is 3. The average Bonchev–Trinajstić information content (AvgIpc) is 3.66. The third-order valence-corrected chi connectivity index (χ3v) is 9.70. The van der Waals surface area contributed by atoms with E-state index >= 15 is 0 Å². The van der Waals surface area contributed by atoms with Crippen molar-refractivity contribution in [2.75, 3.05) is 17.2 Å². The molecule has 2 heterocycles. The fourth-order valence-electron chi connectivity index (χ4n) is 6.85. The van der Waals surface area contributed by atoms with E-state index < -0.39 is 17.7 Å².